The van der Waals surface area contributed by atoms with Crippen LogP contribution in [0.5, 0.6) is 0 Å². The summed E-state index contributed by atoms with van der Waals surface area (Å²) in [6, 6.07) is 6.37. The monoisotopic (exact) mass is 306 g/mol. The van der Waals surface area contributed by atoms with E-state index in [9.17, 15) is 10.1 Å². The van der Waals surface area contributed by atoms with Crippen molar-refractivity contribution >= 4 is 34.4 Å². The Hall–Kier alpha value is -2.02. The second-order valence-corrected chi connectivity index (χ2v) is 5.50. The third-order valence-corrected chi connectivity index (χ3v) is 3.73. The summed E-state index contributed by atoms with van der Waals surface area (Å²) >= 11 is 5.14. The zero-order valence-electron chi connectivity index (χ0n) is 11.8. The topological polar surface area (TPSA) is 79.6 Å². The molecule has 0 radical (unpaired) electrons. The molecule has 0 aliphatic heterocycles. The van der Waals surface area contributed by atoms with Gasteiger partial charge >= 0.3 is 0 Å². The Kier molecular flexibility index (Phi) is 5.21. The van der Waals surface area contributed by atoms with Crippen LogP contribution < -0.4 is 10.7 Å². The number of rotatable bonds is 3. The molecule has 6 nitrogen and oxygen atoms in total. The molecule has 0 spiro atoms. The molecule has 1 atom stereocenters. The second-order valence-electron chi connectivity index (χ2n) is 5.09. The number of thiocarbonyl (C=S) groups is 1. The molecule has 0 unspecified atom stereocenters. The van der Waals surface area contributed by atoms with Crippen LogP contribution in [0.15, 0.2) is 29.4 Å². The number of nitro groups is 1. The molecule has 2 N–H and O–H groups in total. The molecule has 7 heteroatoms. The standard InChI is InChI=1S/C14H18N4O2S/c1-10-6-2-3-7-11(10)16-17-14(21)15-12-8-4-5-9-13(12)18(19)20/h4-5,8-10H,2-3,6-7H2,1H3,(H2,15,17,21)/b16-11-/t10-/m0/s1. The predicted molar refractivity (Wildman–Crippen MR) is 87.5 cm³/mol. The van der Waals surface area contributed by atoms with Crippen LogP contribution in [0.4, 0.5) is 11.4 Å². The molecule has 1 aliphatic carbocycles. The Morgan fingerprint density at radius 2 is 2.19 bits per heavy atom. The van der Waals surface area contributed by atoms with Gasteiger partial charge in [-0.15, -0.1) is 0 Å². The number of hydrazone groups is 1. The van der Waals surface area contributed by atoms with Gasteiger partial charge in [0.25, 0.3) is 5.69 Å². The Morgan fingerprint density at radius 1 is 1.43 bits per heavy atom. The first-order chi connectivity index (χ1) is 10.1. The van der Waals surface area contributed by atoms with Crippen LogP contribution in [0.25, 0.3) is 0 Å². The minimum atomic E-state index is -0.444. The molecule has 2 rings (SSSR count). The summed E-state index contributed by atoms with van der Waals surface area (Å²) in [5.74, 6) is 0.458. The van der Waals surface area contributed by atoms with E-state index in [1.54, 1.807) is 18.2 Å². The molecular weight excluding hydrogens is 288 g/mol. The fourth-order valence-electron chi connectivity index (χ4n) is 2.35. The zero-order chi connectivity index (χ0) is 15.2. The van der Waals surface area contributed by atoms with Crippen LogP contribution >= 0.6 is 12.2 Å². The SMILES string of the molecule is C[C@H]1CCCC/C1=N/NC(=S)Nc1ccccc1[N+](=O)[O-]. The van der Waals surface area contributed by atoms with E-state index >= 15 is 0 Å². The Balaban J connectivity index is 1.99. The van der Waals surface area contributed by atoms with Gasteiger partial charge < -0.3 is 5.32 Å². The minimum Gasteiger partial charge on any atom is -0.326 e. The predicted octanol–water partition coefficient (Wildman–Crippen LogP) is 3.45. The van der Waals surface area contributed by atoms with Gasteiger partial charge in [-0.3, -0.25) is 15.5 Å². The summed E-state index contributed by atoms with van der Waals surface area (Å²) in [6.45, 7) is 2.15. The molecule has 112 valence electrons. The van der Waals surface area contributed by atoms with Gasteiger partial charge in [-0.2, -0.15) is 5.10 Å². The number of anilines is 1. The summed E-state index contributed by atoms with van der Waals surface area (Å²) in [7, 11) is 0. The van der Waals surface area contributed by atoms with Crippen molar-refractivity contribution in [2.75, 3.05) is 5.32 Å². The van der Waals surface area contributed by atoms with Crippen molar-refractivity contribution in [3.05, 3.63) is 34.4 Å². The summed E-state index contributed by atoms with van der Waals surface area (Å²) in [6.07, 6.45) is 4.50. The van der Waals surface area contributed by atoms with Gasteiger partial charge in [-0.1, -0.05) is 25.5 Å². The van der Waals surface area contributed by atoms with Crippen molar-refractivity contribution in [3.8, 4) is 0 Å². The molecule has 0 amide bonds. The number of nitrogens with one attached hydrogen (secondary N) is 2. The maximum atomic E-state index is 10.9. The quantitative estimate of drug-likeness (QED) is 0.508. The number of hydrogen-bond acceptors (Lipinski definition) is 4. The molecule has 1 aromatic carbocycles. The van der Waals surface area contributed by atoms with Gasteiger partial charge in [0.05, 0.1) is 4.92 Å². The van der Waals surface area contributed by atoms with Gasteiger partial charge in [0.15, 0.2) is 5.11 Å². The van der Waals surface area contributed by atoms with E-state index < -0.39 is 4.92 Å². The van der Waals surface area contributed by atoms with E-state index in [0.29, 0.717) is 11.6 Å². The first-order valence-electron chi connectivity index (χ1n) is 6.95. The number of nitro benzene ring substituents is 1. The van der Waals surface area contributed by atoms with Crippen molar-refractivity contribution in [2.24, 2.45) is 11.0 Å². The zero-order valence-corrected chi connectivity index (χ0v) is 12.7. The summed E-state index contributed by atoms with van der Waals surface area (Å²) in [5, 5.41) is 18.3. The van der Waals surface area contributed by atoms with Crippen LogP contribution in [0, 0.1) is 16.0 Å². The molecular formula is C14H18N4O2S. The number of nitrogens with zero attached hydrogens (tertiary/aromatic N) is 2. The largest absolute Gasteiger partial charge is 0.326 e. The van der Waals surface area contributed by atoms with Crippen molar-refractivity contribution in [1.29, 1.82) is 0 Å². The van der Waals surface area contributed by atoms with E-state index in [2.05, 4.69) is 22.8 Å². The third-order valence-electron chi connectivity index (χ3n) is 3.54. The van der Waals surface area contributed by atoms with Gasteiger partial charge in [0, 0.05) is 11.8 Å². The molecule has 21 heavy (non-hydrogen) atoms. The lowest BCUT2D eigenvalue weighted by Gasteiger charge is -2.20. The molecule has 1 fully saturated rings. The van der Waals surface area contributed by atoms with E-state index in [0.717, 1.165) is 25.0 Å². The lowest BCUT2D eigenvalue weighted by Crippen LogP contribution is -2.27. The van der Waals surface area contributed by atoms with Crippen LogP contribution in [-0.2, 0) is 0 Å². The highest BCUT2D eigenvalue weighted by Gasteiger charge is 2.16. The normalized spacial score (nSPS) is 20.0. The number of para-hydroxylation sites is 2. The Labute approximate surface area is 128 Å². The second kappa shape index (κ2) is 7.12. The van der Waals surface area contributed by atoms with Crippen molar-refractivity contribution in [1.82, 2.24) is 5.43 Å². The fraction of sp³-hybridized carbons (Fsp3) is 0.429. The highest BCUT2D eigenvalue weighted by molar-refractivity contribution is 7.80. The first kappa shape index (κ1) is 15.4. The average molecular weight is 306 g/mol. The van der Waals surface area contributed by atoms with Crippen molar-refractivity contribution in [3.63, 3.8) is 0 Å². The van der Waals surface area contributed by atoms with Crippen LogP contribution in [0.1, 0.15) is 32.6 Å². The van der Waals surface area contributed by atoms with Crippen LogP contribution in [0.2, 0.25) is 0 Å². The van der Waals surface area contributed by atoms with Gasteiger partial charge in [0.1, 0.15) is 5.69 Å². The van der Waals surface area contributed by atoms with Crippen LogP contribution in [0.3, 0.4) is 0 Å². The highest BCUT2D eigenvalue weighted by Crippen LogP contribution is 2.23. The molecule has 1 aromatic rings. The van der Waals surface area contributed by atoms with E-state index in [4.69, 9.17) is 12.2 Å². The van der Waals surface area contributed by atoms with E-state index in [-0.39, 0.29) is 10.8 Å². The molecule has 0 saturated heterocycles. The van der Waals surface area contributed by atoms with Gasteiger partial charge in [-0.25, -0.2) is 0 Å². The smallest absolute Gasteiger partial charge is 0.292 e. The molecule has 0 bridgehead atoms. The van der Waals surface area contributed by atoms with Crippen molar-refractivity contribution < 1.29 is 4.92 Å². The first-order valence-corrected chi connectivity index (χ1v) is 7.35. The van der Waals surface area contributed by atoms with E-state index in [1.807, 2.05) is 0 Å². The number of benzene rings is 1. The average Bonchev–Trinajstić information content (AvgIpc) is 2.47. The summed E-state index contributed by atoms with van der Waals surface area (Å²) in [5.41, 5.74) is 4.23. The molecule has 1 saturated carbocycles. The summed E-state index contributed by atoms with van der Waals surface area (Å²) < 4.78 is 0. The molecule has 0 aromatic heterocycles. The highest BCUT2D eigenvalue weighted by atomic mass is 32.1. The Bertz CT molecular complexity index is 574. The maximum Gasteiger partial charge on any atom is 0.292 e. The lowest BCUT2D eigenvalue weighted by atomic mass is 9.89. The van der Waals surface area contributed by atoms with E-state index in [1.165, 1.54) is 12.5 Å². The fourth-order valence-corrected chi connectivity index (χ4v) is 2.50. The molecule has 0 heterocycles. The number of hydrogen-bond donors (Lipinski definition) is 2. The molecule has 1 aliphatic rings. The van der Waals surface area contributed by atoms with Gasteiger partial charge in [0.2, 0.25) is 0 Å². The van der Waals surface area contributed by atoms with Crippen LogP contribution in [-0.4, -0.2) is 15.7 Å². The third kappa shape index (κ3) is 4.22. The van der Waals surface area contributed by atoms with Crippen molar-refractivity contribution in [2.45, 2.75) is 32.6 Å². The Morgan fingerprint density at radius 3 is 2.90 bits per heavy atom. The lowest BCUT2D eigenvalue weighted by molar-refractivity contribution is -0.383. The van der Waals surface area contributed by atoms with Gasteiger partial charge in [-0.05, 0) is 43.5 Å². The summed E-state index contributed by atoms with van der Waals surface area (Å²) in [4.78, 5) is 10.5. The minimum absolute atomic E-state index is 0.0136. The maximum absolute atomic E-state index is 10.9.